The van der Waals surface area contributed by atoms with Crippen molar-refractivity contribution < 1.29 is 28.6 Å². The summed E-state index contributed by atoms with van der Waals surface area (Å²) in [5.41, 5.74) is -2.82. The molecule has 4 atom stereocenters. The third kappa shape index (κ3) is 12.2. The van der Waals surface area contributed by atoms with E-state index in [1.54, 1.807) is 6.92 Å². The largest absolute Gasteiger partial charge is 0.464 e. The van der Waals surface area contributed by atoms with Gasteiger partial charge in [-0.05, 0) is 12.5 Å². The number of esters is 3. The van der Waals surface area contributed by atoms with Gasteiger partial charge in [0, 0.05) is 15.7 Å². The van der Waals surface area contributed by atoms with Crippen LogP contribution in [-0.2, 0) is 48.2 Å². The molecule has 1 aromatic rings. The zero-order valence-corrected chi connectivity index (χ0v) is 25.6. The summed E-state index contributed by atoms with van der Waals surface area (Å²) >= 11 is 5.62. The fourth-order valence-corrected chi connectivity index (χ4v) is 3.99. The third-order valence-electron chi connectivity index (χ3n) is 5.58. The molecule has 0 aromatic carbocycles. The molecular formula is C24H39N3O9S3. The first-order valence-electron chi connectivity index (χ1n) is 12.3. The monoisotopic (exact) mass is 609 g/mol. The maximum atomic E-state index is 13.0. The number of rotatable bonds is 17. The van der Waals surface area contributed by atoms with Crippen LogP contribution in [0.25, 0.3) is 0 Å². The molecule has 0 aliphatic heterocycles. The van der Waals surface area contributed by atoms with Gasteiger partial charge in [0.2, 0.25) is 0 Å². The molecule has 1 rings (SSSR count). The molecule has 0 spiro atoms. The number of hydrogen-bond donors (Lipinski definition) is 1. The quantitative estimate of drug-likeness (QED) is 0.116. The van der Waals surface area contributed by atoms with Crippen molar-refractivity contribution in [3.8, 4) is 0 Å². The molecule has 0 aliphatic carbocycles. The van der Waals surface area contributed by atoms with Crippen molar-refractivity contribution >= 4 is 58.7 Å². The van der Waals surface area contributed by atoms with E-state index in [-0.39, 0.29) is 85.0 Å². The molecule has 0 N–H and O–H groups in total. The maximum absolute atomic E-state index is 13.0. The van der Waals surface area contributed by atoms with Gasteiger partial charge in [0.15, 0.2) is 0 Å². The van der Waals surface area contributed by atoms with Crippen molar-refractivity contribution in [2.45, 2.75) is 75.4 Å². The van der Waals surface area contributed by atoms with Crippen molar-refractivity contribution in [2.24, 2.45) is 0 Å². The van der Waals surface area contributed by atoms with Gasteiger partial charge in [0.1, 0.15) is 19.8 Å². The van der Waals surface area contributed by atoms with E-state index in [1.807, 2.05) is 26.4 Å². The van der Waals surface area contributed by atoms with Gasteiger partial charge in [-0.15, -0.1) is 0 Å². The first-order valence-corrected chi connectivity index (χ1v) is 16.0. The molecule has 4 unspecified atom stereocenters. The molecule has 0 fully saturated rings. The summed E-state index contributed by atoms with van der Waals surface area (Å²) in [6, 6.07) is 0. The lowest BCUT2D eigenvalue weighted by Crippen LogP contribution is -2.55. The van der Waals surface area contributed by atoms with Crippen LogP contribution in [0.2, 0.25) is 0 Å². The van der Waals surface area contributed by atoms with Gasteiger partial charge in [-0.3, -0.25) is 14.4 Å². The summed E-state index contributed by atoms with van der Waals surface area (Å²) in [4.78, 5) is 75.0. The number of hydrogen-bond acceptors (Lipinski definition) is 11. The molecule has 0 saturated carbocycles. The number of thioether (sulfide) groups is 1. The SMILES string of the molecule is C=S(C)C(C)CC(=O)OCCn1c(=O)n(CCOC(=O)CC(C)S)c(=O)n(CCOC(=O)CC(C)SC)c1=O. The van der Waals surface area contributed by atoms with Gasteiger partial charge in [-0.1, -0.05) is 26.6 Å². The average molecular weight is 610 g/mol. The van der Waals surface area contributed by atoms with Crippen LogP contribution in [-0.4, -0.2) is 85.6 Å². The second-order valence-corrected chi connectivity index (χ2v) is 13.3. The van der Waals surface area contributed by atoms with Crippen molar-refractivity contribution in [2.75, 3.05) is 32.3 Å². The predicted octanol–water partition coefficient (Wildman–Crippen LogP) is 0.761. The Kier molecular flexibility index (Phi) is 15.5. The second-order valence-electron chi connectivity index (χ2n) is 8.97. The Balaban J connectivity index is 3.12. The van der Waals surface area contributed by atoms with Crippen LogP contribution in [0.15, 0.2) is 14.4 Å². The summed E-state index contributed by atoms with van der Waals surface area (Å²) < 4.78 is 17.7. The highest BCUT2D eigenvalue weighted by Gasteiger charge is 2.18. The summed E-state index contributed by atoms with van der Waals surface area (Å²) in [5.74, 6) is 2.37. The fourth-order valence-electron chi connectivity index (χ4n) is 3.12. The highest BCUT2D eigenvalue weighted by molar-refractivity contribution is 8.14. The molecular weight excluding hydrogens is 570 g/mol. The van der Waals surface area contributed by atoms with E-state index < -0.39 is 35.0 Å². The van der Waals surface area contributed by atoms with Gasteiger partial charge in [0.05, 0.1) is 38.9 Å². The minimum Gasteiger partial charge on any atom is -0.464 e. The fraction of sp³-hybridized carbons (Fsp3) is 0.708. The first-order chi connectivity index (χ1) is 18.3. The number of thiol groups is 1. The van der Waals surface area contributed by atoms with Gasteiger partial charge < -0.3 is 14.2 Å². The summed E-state index contributed by atoms with van der Waals surface area (Å²) in [5, 5.41) is -0.186. The topological polar surface area (TPSA) is 145 Å². The highest BCUT2D eigenvalue weighted by Crippen LogP contribution is 2.16. The molecule has 1 aromatic heterocycles. The lowest BCUT2D eigenvalue weighted by Gasteiger charge is -2.15. The Morgan fingerprint density at radius 3 is 1.49 bits per heavy atom. The Morgan fingerprint density at radius 1 is 0.795 bits per heavy atom. The van der Waals surface area contributed by atoms with E-state index in [2.05, 4.69) is 18.5 Å². The zero-order valence-electron chi connectivity index (χ0n) is 23.1. The Hall–Kier alpha value is -2.26. The Bertz CT molecular complexity index is 1190. The van der Waals surface area contributed by atoms with Crippen molar-refractivity contribution in [3.63, 3.8) is 0 Å². The van der Waals surface area contributed by atoms with E-state index in [0.717, 1.165) is 13.7 Å². The standard InChI is InChI=1S/C24H39N3O9S3/c1-16(37)13-19(28)34-10-7-25-22(31)26(8-11-35-20(29)14-17(2)38-4)24(33)27(23(25)32)9-12-36-21(30)15-18(3)39(5)6/h16-18,37H,5,7-15H2,1-4,6H3. The van der Waals surface area contributed by atoms with Gasteiger partial charge in [-0.2, -0.15) is 34.9 Å². The normalized spacial score (nSPS) is 14.2. The van der Waals surface area contributed by atoms with Crippen molar-refractivity contribution in [1.82, 2.24) is 13.7 Å². The molecule has 0 saturated heterocycles. The summed E-state index contributed by atoms with van der Waals surface area (Å²) in [7, 11) is -0.235. The molecule has 0 amide bonds. The Labute approximate surface area is 239 Å². The number of ether oxygens (including phenoxy) is 3. The highest BCUT2D eigenvalue weighted by atomic mass is 32.2. The van der Waals surface area contributed by atoms with E-state index in [0.29, 0.717) is 0 Å². The van der Waals surface area contributed by atoms with E-state index >= 15 is 0 Å². The number of aromatic nitrogens is 3. The van der Waals surface area contributed by atoms with Crippen LogP contribution in [0.5, 0.6) is 0 Å². The van der Waals surface area contributed by atoms with Gasteiger partial charge >= 0.3 is 35.0 Å². The Morgan fingerprint density at radius 2 is 1.15 bits per heavy atom. The lowest BCUT2D eigenvalue weighted by molar-refractivity contribution is -0.144. The number of nitrogens with zero attached hydrogens (tertiary/aromatic N) is 3. The zero-order chi connectivity index (χ0) is 29.7. The smallest absolute Gasteiger partial charge is 0.336 e. The van der Waals surface area contributed by atoms with E-state index in [9.17, 15) is 28.8 Å². The molecule has 0 aliphatic rings. The van der Waals surface area contributed by atoms with Crippen molar-refractivity contribution in [3.05, 3.63) is 31.5 Å². The van der Waals surface area contributed by atoms with E-state index in [1.165, 1.54) is 11.8 Å². The summed E-state index contributed by atoms with van der Waals surface area (Å²) in [6.07, 6.45) is 4.10. The molecule has 222 valence electrons. The van der Waals surface area contributed by atoms with Crippen LogP contribution < -0.4 is 17.1 Å². The number of carbonyl (C=O) groups excluding carboxylic acids is 3. The van der Waals surface area contributed by atoms with Gasteiger partial charge in [0.25, 0.3) is 0 Å². The molecule has 0 bridgehead atoms. The molecule has 15 heteroatoms. The predicted molar refractivity (Wildman–Crippen MR) is 157 cm³/mol. The molecule has 12 nitrogen and oxygen atoms in total. The maximum Gasteiger partial charge on any atom is 0.336 e. The van der Waals surface area contributed by atoms with Crippen molar-refractivity contribution in [1.29, 1.82) is 0 Å². The minimum atomic E-state index is -0.942. The minimum absolute atomic E-state index is 0.00854. The first kappa shape index (κ1) is 34.8. The van der Waals surface area contributed by atoms with Crippen LogP contribution in [0, 0.1) is 0 Å². The lowest BCUT2D eigenvalue weighted by atomic mass is 10.3. The third-order valence-corrected chi connectivity index (χ3v) is 8.27. The van der Waals surface area contributed by atoms with E-state index in [4.69, 9.17) is 14.2 Å². The van der Waals surface area contributed by atoms with Gasteiger partial charge in [-0.25, -0.2) is 28.1 Å². The van der Waals surface area contributed by atoms with Crippen LogP contribution >= 0.6 is 34.9 Å². The molecule has 39 heavy (non-hydrogen) atoms. The van der Waals surface area contributed by atoms with Crippen LogP contribution in [0.3, 0.4) is 0 Å². The summed E-state index contributed by atoms with van der Waals surface area (Å²) in [6.45, 7) is 3.71. The molecule has 1 heterocycles. The number of carbonyl (C=O) groups is 3. The second kappa shape index (κ2) is 17.4. The van der Waals surface area contributed by atoms with Crippen LogP contribution in [0.1, 0.15) is 40.0 Å². The average Bonchev–Trinajstić information content (AvgIpc) is 2.84. The van der Waals surface area contributed by atoms with Crippen LogP contribution in [0.4, 0.5) is 0 Å². The molecule has 0 radical (unpaired) electrons.